The number of ether oxygens (including phenoxy) is 2. The van der Waals surface area contributed by atoms with Crippen molar-refractivity contribution in [3.05, 3.63) is 55.1 Å². The Morgan fingerprint density at radius 1 is 1.28 bits per heavy atom. The first kappa shape index (κ1) is 27.8. The number of amides is 2. The minimum Gasteiger partial charge on any atom is -0.466 e. The van der Waals surface area contributed by atoms with E-state index >= 15 is 0 Å². The number of esters is 1. The normalized spacial score (nSPS) is 30.1. The van der Waals surface area contributed by atoms with E-state index in [-0.39, 0.29) is 42.3 Å². The van der Waals surface area contributed by atoms with E-state index in [4.69, 9.17) is 9.47 Å². The van der Waals surface area contributed by atoms with Gasteiger partial charge in [0.05, 0.1) is 37.2 Å². The zero-order valence-corrected chi connectivity index (χ0v) is 24.0. The molecule has 2 aromatic rings. The van der Waals surface area contributed by atoms with Gasteiger partial charge in [0.2, 0.25) is 5.91 Å². The van der Waals surface area contributed by atoms with Crippen LogP contribution in [0.15, 0.2) is 55.1 Å². The summed E-state index contributed by atoms with van der Waals surface area (Å²) in [6, 6.07) is 12.0. The number of carbonyl (C=O) groups is 3. The van der Waals surface area contributed by atoms with Crippen LogP contribution in [-0.2, 0) is 23.9 Å². The highest BCUT2D eigenvalue weighted by molar-refractivity contribution is 9.09. The third kappa shape index (κ3) is 4.30. The average Bonchev–Trinajstić information content (AvgIpc) is 3.51. The van der Waals surface area contributed by atoms with Crippen molar-refractivity contribution in [2.75, 3.05) is 24.7 Å². The van der Waals surface area contributed by atoms with Crippen LogP contribution < -0.4 is 4.90 Å². The largest absolute Gasteiger partial charge is 0.466 e. The van der Waals surface area contributed by atoms with Gasteiger partial charge in [0, 0.05) is 17.1 Å². The number of benzene rings is 2. The van der Waals surface area contributed by atoms with Crippen LogP contribution in [0, 0.1) is 17.8 Å². The molecule has 39 heavy (non-hydrogen) atoms. The van der Waals surface area contributed by atoms with Crippen molar-refractivity contribution in [1.29, 1.82) is 0 Å². The van der Waals surface area contributed by atoms with E-state index in [9.17, 15) is 19.5 Å². The average molecular weight is 600 g/mol. The number of hydrogen-bond donors (Lipinski definition) is 1. The van der Waals surface area contributed by atoms with Gasteiger partial charge >= 0.3 is 5.97 Å². The van der Waals surface area contributed by atoms with Crippen molar-refractivity contribution in [3.63, 3.8) is 0 Å². The highest BCUT2D eigenvalue weighted by Gasteiger charge is 2.77. The van der Waals surface area contributed by atoms with Gasteiger partial charge in [-0.25, -0.2) is 0 Å². The molecular formula is C30H35BrN2O6. The van der Waals surface area contributed by atoms with E-state index in [0.717, 1.165) is 10.8 Å². The van der Waals surface area contributed by atoms with Gasteiger partial charge in [0.1, 0.15) is 11.6 Å². The van der Waals surface area contributed by atoms with Crippen molar-refractivity contribution in [1.82, 2.24) is 4.90 Å². The zero-order valence-electron chi connectivity index (χ0n) is 22.5. The predicted octanol–water partition coefficient (Wildman–Crippen LogP) is 3.69. The van der Waals surface area contributed by atoms with E-state index in [2.05, 4.69) is 22.5 Å². The molecule has 0 radical (unpaired) electrons. The summed E-state index contributed by atoms with van der Waals surface area (Å²) in [4.78, 5) is 45.0. The van der Waals surface area contributed by atoms with Gasteiger partial charge in [-0.1, -0.05) is 66.2 Å². The summed E-state index contributed by atoms with van der Waals surface area (Å²) >= 11 is 3.67. The summed E-state index contributed by atoms with van der Waals surface area (Å²) < 4.78 is 11.9. The Morgan fingerprint density at radius 2 is 2.00 bits per heavy atom. The Bertz CT molecular complexity index is 1300. The van der Waals surface area contributed by atoms with Crippen LogP contribution in [0.5, 0.6) is 0 Å². The van der Waals surface area contributed by atoms with Gasteiger partial charge in [-0.3, -0.25) is 14.4 Å². The van der Waals surface area contributed by atoms with Crippen molar-refractivity contribution < 1.29 is 29.0 Å². The standard InChI is InChI=1S/C30H35BrN2O6/c1-5-13-32(20-12-11-18-9-7-8-10-19(18)14-20)28(36)26-30-15-21(31)25(39-30)23(29(37)38-6-2)24(30)27(35)33(26)22(16-34)17(3)4/h5,7-12,14,17,21-26,34H,1,6,13,15-16H2,2-4H3/t21?,22-,23-,24+,25-,26-,30+/m0/s1. The number of aliphatic hydroxyl groups is 1. The quantitative estimate of drug-likeness (QED) is 0.269. The van der Waals surface area contributed by atoms with Gasteiger partial charge in [-0.15, -0.1) is 6.58 Å². The molecular weight excluding hydrogens is 564 g/mol. The molecule has 0 aliphatic carbocycles. The molecule has 2 amide bonds. The molecule has 1 unspecified atom stereocenters. The Labute approximate surface area is 237 Å². The van der Waals surface area contributed by atoms with Crippen molar-refractivity contribution in [3.8, 4) is 0 Å². The summed E-state index contributed by atoms with van der Waals surface area (Å²) in [7, 11) is 0. The van der Waals surface area contributed by atoms with Gasteiger partial charge in [0.15, 0.2) is 0 Å². The lowest BCUT2D eigenvalue weighted by molar-refractivity contribution is -0.155. The summed E-state index contributed by atoms with van der Waals surface area (Å²) in [5, 5.41) is 12.4. The monoisotopic (exact) mass is 598 g/mol. The van der Waals surface area contributed by atoms with Crippen LogP contribution in [0.25, 0.3) is 10.8 Å². The van der Waals surface area contributed by atoms with E-state index in [0.29, 0.717) is 12.1 Å². The minimum atomic E-state index is -1.23. The first-order valence-corrected chi connectivity index (χ1v) is 14.4. The fourth-order valence-corrected chi connectivity index (χ4v) is 7.72. The first-order chi connectivity index (χ1) is 18.7. The van der Waals surface area contributed by atoms with Crippen LogP contribution >= 0.6 is 15.9 Å². The third-order valence-electron chi connectivity index (χ3n) is 8.46. The second-order valence-corrected chi connectivity index (χ2v) is 12.1. The Morgan fingerprint density at radius 3 is 2.64 bits per heavy atom. The molecule has 5 rings (SSSR count). The van der Waals surface area contributed by atoms with Crippen LogP contribution in [-0.4, -0.2) is 76.2 Å². The summed E-state index contributed by atoms with van der Waals surface area (Å²) in [5.41, 5.74) is -0.566. The molecule has 0 aromatic heterocycles. The molecule has 7 atom stereocenters. The number of hydrogen-bond acceptors (Lipinski definition) is 6. The Hall–Kier alpha value is -2.75. The highest BCUT2D eigenvalue weighted by Crippen LogP contribution is 2.61. The number of likely N-dealkylation sites (tertiary alicyclic amines) is 1. The number of fused-ring (bicyclic) bond motifs is 2. The number of alkyl halides is 1. The highest BCUT2D eigenvalue weighted by atomic mass is 79.9. The van der Waals surface area contributed by atoms with Crippen LogP contribution in [0.4, 0.5) is 5.69 Å². The molecule has 3 aliphatic rings. The summed E-state index contributed by atoms with van der Waals surface area (Å²) in [5.74, 6) is -3.03. The Kier molecular flexibility index (Phi) is 7.61. The van der Waals surface area contributed by atoms with Crippen molar-refractivity contribution in [2.45, 2.75) is 55.8 Å². The second kappa shape index (κ2) is 10.7. The van der Waals surface area contributed by atoms with E-state index < -0.39 is 41.6 Å². The van der Waals surface area contributed by atoms with Gasteiger partial charge < -0.3 is 24.4 Å². The molecule has 9 heteroatoms. The molecule has 2 aromatic carbocycles. The Balaban J connectivity index is 1.64. The third-order valence-corrected chi connectivity index (χ3v) is 9.30. The minimum absolute atomic E-state index is 0.143. The molecule has 3 heterocycles. The molecule has 1 N–H and O–H groups in total. The maximum absolute atomic E-state index is 14.7. The molecule has 1 spiro atoms. The number of nitrogens with zero attached hydrogens (tertiary/aromatic N) is 2. The SMILES string of the molecule is C=CCN(C(=O)[C@@H]1N([C@@H](CO)C(C)C)C(=O)[C@H]2[C@H](C(=O)OCC)[C@H]3O[C@@]12CC3Br)c1ccc2ccccc2c1. The first-order valence-electron chi connectivity index (χ1n) is 13.5. The second-order valence-electron chi connectivity index (χ2n) is 10.9. The topological polar surface area (TPSA) is 96.4 Å². The maximum atomic E-state index is 14.7. The molecule has 0 saturated carbocycles. The number of carbonyl (C=O) groups excluding carboxylic acids is 3. The number of rotatable bonds is 9. The van der Waals surface area contributed by atoms with E-state index in [1.807, 2.05) is 56.3 Å². The molecule has 208 valence electrons. The van der Waals surface area contributed by atoms with Gasteiger partial charge in [-0.2, -0.15) is 0 Å². The fourth-order valence-electron chi connectivity index (χ4n) is 6.78. The van der Waals surface area contributed by atoms with Gasteiger partial charge in [0.25, 0.3) is 5.91 Å². The van der Waals surface area contributed by atoms with E-state index in [1.165, 1.54) is 4.90 Å². The van der Waals surface area contributed by atoms with E-state index in [1.54, 1.807) is 17.9 Å². The van der Waals surface area contributed by atoms with Gasteiger partial charge in [-0.05, 0) is 42.2 Å². The molecule has 3 saturated heterocycles. The molecule has 8 nitrogen and oxygen atoms in total. The summed E-state index contributed by atoms with van der Waals surface area (Å²) in [6.45, 7) is 9.47. The predicted molar refractivity (Wildman–Crippen MR) is 151 cm³/mol. The fraction of sp³-hybridized carbons (Fsp3) is 0.500. The number of anilines is 1. The van der Waals surface area contributed by atoms with Crippen molar-refractivity contribution >= 4 is 50.2 Å². The lowest BCUT2D eigenvalue weighted by Gasteiger charge is -2.40. The molecule has 3 aliphatic heterocycles. The maximum Gasteiger partial charge on any atom is 0.312 e. The zero-order chi connectivity index (χ0) is 28.1. The lowest BCUT2D eigenvalue weighted by Crippen LogP contribution is -2.60. The number of aliphatic hydroxyl groups excluding tert-OH is 1. The summed E-state index contributed by atoms with van der Waals surface area (Å²) in [6.07, 6.45) is 1.44. The lowest BCUT2D eigenvalue weighted by atomic mass is 9.70. The van der Waals surface area contributed by atoms with Crippen LogP contribution in [0.1, 0.15) is 27.2 Å². The number of halogens is 1. The smallest absolute Gasteiger partial charge is 0.312 e. The van der Waals surface area contributed by atoms with Crippen LogP contribution in [0.2, 0.25) is 0 Å². The van der Waals surface area contributed by atoms with Crippen LogP contribution in [0.3, 0.4) is 0 Å². The van der Waals surface area contributed by atoms with Crippen molar-refractivity contribution in [2.24, 2.45) is 17.8 Å². The molecule has 2 bridgehead atoms. The molecule has 3 fully saturated rings.